The average Bonchev–Trinajstić information content (AvgIpc) is 3.36. The lowest BCUT2D eigenvalue weighted by Gasteiger charge is -2.11. The molecule has 2 aromatic heterocycles. The van der Waals surface area contributed by atoms with Crippen LogP contribution < -0.4 is 10.6 Å². The first-order valence-corrected chi connectivity index (χ1v) is 9.52. The van der Waals surface area contributed by atoms with Crippen molar-refractivity contribution in [1.82, 2.24) is 15.1 Å². The van der Waals surface area contributed by atoms with Crippen molar-refractivity contribution in [2.45, 2.75) is 13.0 Å². The molecule has 0 aliphatic heterocycles. The summed E-state index contributed by atoms with van der Waals surface area (Å²) in [6.45, 7) is 0.553. The summed E-state index contributed by atoms with van der Waals surface area (Å²) in [5.41, 5.74) is 0.786. The molecule has 0 radical (unpaired) electrons. The Morgan fingerprint density at radius 2 is 2.03 bits per heavy atom. The fraction of sp³-hybridized carbons (Fsp3) is 0.150. The van der Waals surface area contributed by atoms with Crippen molar-refractivity contribution in [3.05, 3.63) is 76.3 Å². The van der Waals surface area contributed by atoms with Crippen LogP contribution in [0.25, 0.3) is 6.08 Å². The Kier molecular flexibility index (Phi) is 7.10. The Hall–Kier alpha value is -3.03. The summed E-state index contributed by atoms with van der Waals surface area (Å²) in [6, 6.07) is 10.5. The van der Waals surface area contributed by atoms with Crippen LogP contribution in [0.4, 0.5) is 5.82 Å². The molecule has 29 heavy (non-hydrogen) atoms. The number of aromatic nitrogens is 2. The van der Waals surface area contributed by atoms with Crippen molar-refractivity contribution in [3.63, 3.8) is 0 Å². The van der Waals surface area contributed by atoms with E-state index in [1.54, 1.807) is 47.3 Å². The van der Waals surface area contributed by atoms with Crippen molar-refractivity contribution in [2.24, 2.45) is 0 Å². The number of anilines is 1. The highest BCUT2D eigenvalue weighted by Crippen LogP contribution is 2.26. The number of carbonyl (C=O) groups excluding carboxylic acids is 2. The third-order valence-corrected chi connectivity index (χ3v) is 4.79. The highest BCUT2D eigenvalue weighted by Gasteiger charge is 2.11. The van der Waals surface area contributed by atoms with Gasteiger partial charge < -0.3 is 15.1 Å². The molecule has 0 unspecified atom stereocenters. The maximum atomic E-state index is 12.2. The van der Waals surface area contributed by atoms with E-state index in [2.05, 4.69) is 15.7 Å². The summed E-state index contributed by atoms with van der Waals surface area (Å²) in [5.74, 6) is 0.537. The van der Waals surface area contributed by atoms with Gasteiger partial charge in [-0.2, -0.15) is 5.10 Å². The number of furan rings is 1. The van der Waals surface area contributed by atoms with Crippen molar-refractivity contribution in [3.8, 4) is 0 Å². The molecule has 0 bridgehead atoms. The van der Waals surface area contributed by atoms with Crippen LogP contribution in [0.2, 0.25) is 10.0 Å². The highest BCUT2D eigenvalue weighted by atomic mass is 35.5. The number of rotatable bonds is 8. The van der Waals surface area contributed by atoms with E-state index in [1.165, 1.54) is 12.3 Å². The third kappa shape index (κ3) is 5.97. The van der Waals surface area contributed by atoms with E-state index in [-0.39, 0.29) is 24.8 Å². The molecular formula is C20H18Cl2N4O3. The summed E-state index contributed by atoms with van der Waals surface area (Å²) in [6.07, 6.45) is 6.11. The Labute approximate surface area is 177 Å². The molecule has 1 aromatic carbocycles. The molecule has 0 aliphatic carbocycles. The van der Waals surface area contributed by atoms with Gasteiger partial charge in [0.1, 0.15) is 11.6 Å². The first kappa shape index (κ1) is 20.7. The number of hydrogen-bond acceptors (Lipinski definition) is 4. The molecule has 150 valence electrons. The van der Waals surface area contributed by atoms with Crippen LogP contribution in [0.15, 0.2) is 59.4 Å². The zero-order valence-corrected chi connectivity index (χ0v) is 16.8. The van der Waals surface area contributed by atoms with E-state index in [0.717, 1.165) is 5.56 Å². The molecule has 0 spiro atoms. The smallest absolute Gasteiger partial charge is 0.244 e. The first-order valence-electron chi connectivity index (χ1n) is 8.77. The largest absolute Gasteiger partial charge is 0.465 e. The summed E-state index contributed by atoms with van der Waals surface area (Å²) >= 11 is 12.2. The van der Waals surface area contributed by atoms with Gasteiger partial charge in [0.25, 0.3) is 0 Å². The van der Waals surface area contributed by atoms with E-state index in [9.17, 15) is 9.59 Å². The van der Waals surface area contributed by atoms with Crippen LogP contribution in [-0.2, 0) is 16.1 Å². The van der Waals surface area contributed by atoms with Gasteiger partial charge in [0.15, 0.2) is 0 Å². The lowest BCUT2D eigenvalue weighted by Crippen LogP contribution is -2.26. The van der Waals surface area contributed by atoms with E-state index < -0.39 is 0 Å². The summed E-state index contributed by atoms with van der Waals surface area (Å²) in [7, 11) is 0. The predicted molar refractivity (Wildman–Crippen MR) is 112 cm³/mol. The molecule has 3 aromatic rings. The van der Waals surface area contributed by atoms with Crippen molar-refractivity contribution in [2.75, 3.05) is 11.9 Å². The number of carbonyl (C=O) groups is 2. The van der Waals surface area contributed by atoms with E-state index in [0.29, 0.717) is 28.2 Å². The van der Waals surface area contributed by atoms with E-state index in [4.69, 9.17) is 27.6 Å². The van der Waals surface area contributed by atoms with Crippen LogP contribution in [-0.4, -0.2) is 28.1 Å². The third-order valence-electron chi connectivity index (χ3n) is 3.93. The van der Waals surface area contributed by atoms with Gasteiger partial charge in [-0.15, -0.1) is 0 Å². The van der Waals surface area contributed by atoms with Gasteiger partial charge in [-0.25, -0.2) is 4.68 Å². The summed E-state index contributed by atoms with van der Waals surface area (Å²) in [4.78, 5) is 23.9. The quantitative estimate of drug-likeness (QED) is 0.526. The Balaban J connectivity index is 1.48. The minimum atomic E-state index is -0.310. The van der Waals surface area contributed by atoms with Crippen LogP contribution >= 0.6 is 23.2 Å². The van der Waals surface area contributed by atoms with Gasteiger partial charge in [-0.1, -0.05) is 35.3 Å². The molecule has 0 saturated carbocycles. The Morgan fingerprint density at radius 3 is 2.83 bits per heavy atom. The fourth-order valence-corrected chi connectivity index (χ4v) is 2.88. The van der Waals surface area contributed by atoms with Crippen LogP contribution in [0, 0.1) is 0 Å². The van der Waals surface area contributed by atoms with Crippen LogP contribution in [0.3, 0.4) is 0 Å². The monoisotopic (exact) mass is 432 g/mol. The number of amides is 2. The molecule has 0 aliphatic rings. The Morgan fingerprint density at radius 1 is 1.17 bits per heavy atom. The van der Waals surface area contributed by atoms with Gasteiger partial charge in [-0.3, -0.25) is 9.59 Å². The lowest BCUT2D eigenvalue weighted by atomic mass is 10.2. The maximum Gasteiger partial charge on any atom is 0.244 e. The zero-order chi connectivity index (χ0) is 20.6. The minimum absolute atomic E-state index is 0.115. The molecule has 0 saturated heterocycles. The van der Waals surface area contributed by atoms with E-state index in [1.807, 2.05) is 6.07 Å². The second-order valence-electron chi connectivity index (χ2n) is 6.02. The number of nitrogens with zero attached hydrogens (tertiary/aromatic N) is 2. The molecule has 0 atom stereocenters. The summed E-state index contributed by atoms with van der Waals surface area (Å²) in [5, 5.41) is 10.5. The molecule has 9 heteroatoms. The van der Waals surface area contributed by atoms with E-state index >= 15 is 0 Å². The van der Waals surface area contributed by atoms with Gasteiger partial charge in [0.05, 0.1) is 29.1 Å². The molecule has 2 N–H and O–H groups in total. The molecule has 0 fully saturated rings. The van der Waals surface area contributed by atoms with Gasteiger partial charge >= 0.3 is 0 Å². The zero-order valence-electron chi connectivity index (χ0n) is 15.3. The lowest BCUT2D eigenvalue weighted by molar-refractivity contribution is -0.117. The number of halogens is 2. The highest BCUT2D eigenvalue weighted by molar-refractivity contribution is 6.42. The maximum absolute atomic E-state index is 12.2. The normalized spacial score (nSPS) is 11.0. The number of nitrogens with one attached hydrogen (secondary N) is 2. The van der Waals surface area contributed by atoms with Crippen molar-refractivity contribution < 1.29 is 14.0 Å². The SMILES string of the molecule is O=C(/C=C/c1ccco1)NCCC(=O)Nc1ccnn1Cc1cccc(Cl)c1Cl. The molecule has 3 rings (SSSR count). The summed E-state index contributed by atoms with van der Waals surface area (Å²) < 4.78 is 6.71. The average molecular weight is 433 g/mol. The first-order chi connectivity index (χ1) is 14.0. The molecule has 7 nitrogen and oxygen atoms in total. The predicted octanol–water partition coefficient (Wildman–Crippen LogP) is 3.99. The topological polar surface area (TPSA) is 89.2 Å². The van der Waals surface area contributed by atoms with Crippen LogP contribution in [0.1, 0.15) is 17.7 Å². The molecular weight excluding hydrogens is 415 g/mol. The molecule has 2 amide bonds. The Bertz CT molecular complexity index is 1010. The van der Waals surface area contributed by atoms with Crippen LogP contribution in [0.5, 0.6) is 0 Å². The minimum Gasteiger partial charge on any atom is -0.465 e. The fourth-order valence-electron chi connectivity index (χ4n) is 2.50. The van der Waals surface area contributed by atoms with Gasteiger partial charge in [-0.05, 0) is 29.8 Å². The molecule has 2 heterocycles. The number of hydrogen-bond donors (Lipinski definition) is 2. The van der Waals surface area contributed by atoms with Gasteiger partial charge in [0, 0.05) is 25.1 Å². The second-order valence-corrected chi connectivity index (χ2v) is 6.81. The van der Waals surface area contributed by atoms with Gasteiger partial charge in [0.2, 0.25) is 11.8 Å². The van der Waals surface area contributed by atoms with Crippen molar-refractivity contribution >= 4 is 46.9 Å². The second kappa shape index (κ2) is 9.95. The number of benzene rings is 1. The standard InChI is InChI=1S/C20H18Cl2N4O3/c21-16-5-1-3-14(20(16)22)13-26-17(8-11-24-26)25-19(28)9-10-23-18(27)7-6-15-4-2-12-29-15/h1-8,11-12H,9-10,13H2,(H,23,27)(H,25,28)/b7-6+. The van der Waals surface area contributed by atoms with Crippen molar-refractivity contribution in [1.29, 1.82) is 0 Å².